The number of nitrogens with zero attached hydrogens (tertiary/aromatic N) is 3. The monoisotopic (exact) mass is 369 g/mol. The summed E-state index contributed by atoms with van der Waals surface area (Å²) in [5.74, 6) is 0.529. The largest absolute Gasteiger partial charge is 0.376 e. The third kappa shape index (κ3) is 4.24. The third-order valence-electron chi connectivity index (χ3n) is 5.16. The summed E-state index contributed by atoms with van der Waals surface area (Å²) in [5, 5.41) is 2.13. The molecule has 1 aromatic heterocycles. The predicted molar refractivity (Wildman–Crippen MR) is 91.6 cm³/mol. The molecule has 3 fully saturated rings. The van der Waals surface area contributed by atoms with Crippen molar-refractivity contribution < 1.29 is 18.0 Å². The van der Waals surface area contributed by atoms with Crippen molar-refractivity contribution in [3.8, 4) is 0 Å². The lowest BCUT2D eigenvalue weighted by atomic mass is 10.2. The van der Waals surface area contributed by atoms with Crippen LogP contribution in [0, 0.1) is 5.92 Å². The summed E-state index contributed by atoms with van der Waals surface area (Å²) in [7, 11) is -3.35. The van der Waals surface area contributed by atoms with Crippen LogP contribution in [0.5, 0.6) is 0 Å². The Labute approximate surface area is 149 Å². The summed E-state index contributed by atoms with van der Waals surface area (Å²) in [5.41, 5.74) is 0.895. The number of ether oxygens (including phenoxy) is 1. The van der Waals surface area contributed by atoms with Crippen LogP contribution in [-0.2, 0) is 32.5 Å². The molecule has 0 aromatic carbocycles. The van der Waals surface area contributed by atoms with Crippen LogP contribution in [-0.4, -0.2) is 54.6 Å². The van der Waals surface area contributed by atoms with Gasteiger partial charge in [0.1, 0.15) is 0 Å². The van der Waals surface area contributed by atoms with Crippen molar-refractivity contribution in [1.29, 1.82) is 0 Å². The number of rotatable bonds is 7. The molecule has 8 heteroatoms. The Balaban J connectivity index is 1.58. The van der Waals surface area contributed by atoms with Gasteiger partial charge >= 0.3 is 0 Å². The molecule has 2 saturated heterocycles. The van der Waals surface area contributed by atoms with E-state index in [1.54, 1.807) is 6.20 Å². The van der Waals surface area contributed by atoms with Crippen molar-refractivity contribution >= 4 is 9.84 Å². The van der Waals surface area contributed by atoms with Crippen molar-refractivity contribution in [2.24, 2.45) is 5.92 Å². The molecule has 1 saturated carbocycles. The predicted octanol–water partition coefficient (Wildman–Crippen LogP) is 1.77. The van der Waals surface area contributed by atoms with Gasteiger partial charge in [0, 0.05) is 13.2 Å². The Hall–Kier alpha value is -0.960. The Morgan fingerprint density at radius 2 is 2.04 bits per heavy atom. The minimum atomic E-state index is -3.35. The van der Waals surface area contributed by atoms with Crippen LogP contribution in [0.4, 0.5) is 0 Å². The molecule has 0 unspecified atom stereocenters. The number of hydrogen-bond acceptors (Lipinski definition) is 6. The summed E-state index contributed by atoms with van der Waals surface area (Å²) in [6.07, 6.45) is 7.99. The molecule has 4 rings (SSSR count). The lowest BCUT2D eigenvalue weighted by molar-refractivity contribution is -0.188. The van der Waals surface area contributed by atoms with Crippen molar-refractivity contribution in [2.45, 2.75) is 62.9 Å². The molecule has 3 heterocycles. The fraction of sp³-hybridized carbons (Fsp3) is 0.824. The third-order valence-corrected chi connectivity index (χ3v) is 6.95. The molecular weight excluding hydrogens is 342 g/mol. The van der Waals surface area contributed by atoms with Crippen LogP contribution in [0.25, 0.3) is 0 Å². The van der Waals surface area contributed by atoms with E-state index in [0.29, 0.717) is 19.0 Å². The summed E-state index contributed by atoms with van der Waals surface area (Å²) in [4.78, 5) is 10.0. The zero-order valence-corrected chi connectivity index (χ0v) is 15.4. The number of aromatic nitrogens is 2. The van der Waals surface area contributed by atoms with Crippen molar-refractivity contribution in [3.63, 3.8) is 0 Å². The highest BCUT2D eigenvalue weighted by Crippen LogP contribution is 2.32. The zero-order valence-electron chi connectivity index (χ0n) is 14.6. The van der Waals surface area contributed by atoms with Gasteiger partial charge in [0.25, 0.3) is 0 Å². The Morgan fingerprint density at radius 1 is 1.16 bits per heavy atom. The van der Waals surface area contributed by atoms with Crippen molar-refractivity contribution in [1.82, 2.24) is 14.6 Å². The van der Waals surface area contributed by atoms with Crippen LogP contribution in [0.2, 0.25) is 0 Å². The quantitative estimate of drug-likeness (QED) is 0.729. The number of hydrogen-bond donors (Lipinski definition) is 0. The van der Waals surface area contributed by atoms with Crippen LogP contribution in [0.15, 0.2) is 11.4 Å². The van der Waals surface area contributed by atoms with Gasteiger partial charge in [-0.05, 0) is 44.4 Å². The molecular formula is C17H27N3O4S. The first-order valence-corrected chi connectivity index (χ1v) is 11.0. The second-order valence-corrected chi connectivity index (χ2v) is 9.33. The van der Waals surface area contributed by atoms with Crippen LogP contribution in [0.1, 0.15) is 44.2 Å². The molecule has 7 nitrogen and oxygen atoms in total. The average molecular weight is 369 g/mol. The van der Waals surface area contributed by atoms with E-state index in [-0.39, 0.29) is 17.0 Å². The smallest absolute Gasteiger partial charge is 0.227 e. The minimum Gasteiger partial charge on any atom is -0.376 e. The van der Waals surface area contributed by atoms with E-state index in [1.807, 2.05) is 9.63 Å². The first-order chi connectivity index (χ1) is 12.1. The minimum absolute atomic E-state index is 0.0742. The normalized spacial score (nSPS) is 25.5. The summed E-state index contributed by atoms with van der Waals surface area (Å²) < 4.78 is 33.2. The summed E-state index contributed by atoms with van der Waals surface area (Å²) in [6.45, 7) is 3.48. The van der Waals surface area contributed by atoms with Gasteiger partial charge in [0.05, 0.1) is 43.4 Å². The number of imidazole rings is 1. The van der Waals surface area contributed by atoms with Gasteiger partial charge in [0.2, 0.25) is 15.0 Å². The van der Waals surface area contributed by atoms with Gasteiger partial charge in [-0.3, -0.25) is 4.84 Å². The summed E-state index contributed by atoms with van der Waals surface area (Å²) in [6, 6.07) is 0. The lowest BCUT2D eigenvalue weighted by Crippen LogP contribution is -2.31. The van der Waals surface area contributed by atoms with Crippen molar-refractivity contribution in [3.05, 3.63) is 11.9 Å². The zero-order chi connectivity index (χ0) is 17.3. The van der Waals surface area contributed by atoms with E-state index in [0.717, 1.165) is 64.0 Å². The summed E-state index contributed by atoms with van der Waals surface area (Å²) >= 11 is 0. The molecule has 0 amide bonds. The van der Waals surface area contributed by atoms with Gasteiger partial charge < -0.3 is 9.30 Å². The SMILES string of the molecule is O=S(=O)(CC1CC1)c1ncc(CN2CCCCO2)n1C[C@H]1CCCO1. The highest BCUT2D eigenvalue weighted by atomic mass is 32.2. The molecule has 1 aliphatic carbocycles. The van der Waals surface area contributed by atoms with E-state index in [2.05, 4.69) is 4.98 Å². The van der Waals surface area contributed by atoms with Gasteiger partial charge in [0.15, 0.2) is 0 Å². The van der Waals surface area contributed by atoms with E-state index in [1.165, 1.54) is 0 Å². The molecule has 0 radical (unpaired) electrons. The van der Waals surface area contributed by atoms with Crippen LogP contribution >= 0.6 is 0 Å². The molecule has 2 aliphatic heterocycles. The van der Waals surface area contributed by atoms with Crippen LogP contribution < -0.4 is 0 Å². The first-order valence-electron chi connectivity index (χ1n) is 9.38. The standard InChI is InChI=1S/C17H27N3O4S/c21-25(22,13-14-5-6-14)17-18-10-15(11-19-7-1-2-9-24-19)20(17)12-16-4-3-8-23-16/h10,14,16H,1-9,11-13H2/t16-/m1/s1. The highest BCUT2D eigenvalue weighted by molar-refractivity contribution is 7.91. The Bertz CT molecular complexity index is 687. The van der Waals surface area contributed by atoms with E-state index in [9.17, 15) is 8.42 Å². The molecule has 3 aliphatic rings. The lowest BCUT2D eigenvalue weighted by Gasteiger charge is -2.26. The molecule has 1 atom stereocenters. The van der Waals surface area contributed by atoms with Crippen molar-refractivity contribution in [2.75, 3.05) is 25.5 Å². The second kappa shape index (κ2) is 7.34. The van der Waals surface area contributed by atoms with Gasteiger partial charge in [-0.2, -0.15) is 5.06 Å². The topological polar surface area (TPSA) is 73.7 Å². The van der Waals surface area contributed by atoms with Crippen LogP contribution in [0.3, 0.4) is 0 Å². The fourth-order valence-electron chi connectivity index (χ4n) is 3.58. The Morgan fingerprint density at radius 3 is 2.72 bits per heavy atom. The van der Waals surface area contributed by atoms with E-state index >= 15 is 0 Å². The number of hydroxylamine groups is 2. The molecule has 140 valence electrons. The molecule has 25 heavy (non-hydrogen) atoms. The average Bonchev–Trinajstić information content (AvgIpc) is 3.09. The van der Waals surface area contributed by atoms with E-state index < -0.39 is 9.84 Å². The first kappa shape index (κ1) is 17.5. The highest BCUT2D eigenvalue weighted by Gasteiger charge is 2.33. The van der Waals surface area contributed by atoms with Gasteiger partial charge in [-0.1, -0.05) is 0 Å². The molecule has 0 spiro atoms. The molecule has 1 aromatic rings. The number of sulfone groups is 1. The molecule has 0 N–H and O–H groups in total. The van der Waals surface area contributed by atoms with Gasteiger partial charge in [-0.15, -0.1) is 0 Å². The Kier molecular flexibility index (Phi) is 5.13. The molecule has 0 bridgehead atoms. The van der Waals surface area contributed by atoms with E-state index in [4.69, 9.17) is 9.57 Å². The van der Waals surface area contributed by atoms with Gasteiger partial charge in [-0.25, -0.2) is 13.4 Å². The second-order valence-electron chi connectivity index (χ2n) is 7.41. The maximum atomic E-state index is 12.8. The fourth-order valence-corrected chi connectivity index (χ4v) is 5.42. The maximum absolute atomic E-state index is 12.8. The maximum Gasteiger partial charge on any atom is 0.227 e.